The van der Waals surface area contributed by atoms with Gasteiger partial charge in [0.25, 0.3) is 0 Å². The second-order valence-corrected chi connectivity index (χ2v) is 12.4. The number of nitrogens with zero attached hydrogens (tertiary/aromatic N) is 3. The average molecular weight is 500 g/mol. The molecule has 0 aromatic heterocycles. The normalized spacial score (nSPS) is 13.9. The summed E-state index contributed by atoms with van der Waals surface area (Å²) in [7, 11) is -0.463. The highest BCUT2D eigenvalue weighted by molar-refractivity contribution is 6.27. The molecule has 5 heteroatoms. The lowest BCUT2D eigenvalue weighted by Gasteiger charge is -2.45. The predicted octanol–water partition coefficient (Wildman–Crippen LogP) is 6.44. The van der Waals surface area contributed by atoms with Gasteiger partial charge in [-0.3, -0.25) is 0 Å². The van der Waals surface area contributed by atoms with E-state index in [1.807, 2.05) is 0 Å². The molecule has 4 nitrogen and oxygen atoms in total. The first-order chi connectivity index (χ1) is 16.4. The Labute approximate surface area is 218 Å². The van der Waals surface area contributed by atoms with Crippen molar-refractivity contribution in [3.05, 3.63) is 0 Å². The number of hydrogen-bond acceptors (Lipinski definition) is 4. The molecule has 0 aliphatic carbocycles. The van der Waals surface area contributed by atoms with Crippen LogP contribution in [0.2, 0.25) is 6.04 Å². The van der Waals surface area contributed by atoms with Crippen molar-refractivity contribution in [1.29, 1.82) is 0 Å². The second-order valence-electron chi connectivity index (χ2n) is 10.9. The minimum atomic E-state index is -0.463. The first-order valence-electron chi connectivity index (χ1n) is 15.2. The Balaban J connectivity index is 5.88. The molecule has 0 N–H and O–H groups in total. The van der Waals surface area contributed by atoms with E-state index < -0.39 is 9.76 Å². The maximum absolute atomic E-state index is 6.38. The third kappa shape index (κ3) is 15.9. The molecule has 0 aliphatic rings. The summed E-state index contributed by atoms with van der Waals surface area (Å²) in [6.45, 7) is 29.8. The van der Waals surface area contributed by atoms with Crippen molar-refractivity contribution in [2.75, 3.05) is 58.9 Å². The van der Waals surface area contributed by atoms with Crippen LogP contribution in [0.4, 0.5) is 0 Å². The topological polar surface area (TPSA) is 19.0 Å². The van der Waals surface area contributed by atoms with Crippen molar-refractivity contribution in [3.8, 4) is 0 Å². The molecule has 206 valence electrons. The quantitative estimate of drug-likeness (QED) is 0.106. The number of rotatable bonds is 25. The highest BCUT2D eigenvalue weighted by atomic mass is 28.2. The van der Waals surface area contributed by atoms with E-state index in [1.165, 1.54) is 123 Å². The van der Waals surface area contributed by atoms with E-state index in [1.54, 1.807) is 0 Å². The maximum Gasteiger partial charge on any atom is 0.161 e. The molecule has 0 rings (SSSR count). The lowest BCUT2D eigenvalue weighted by Crippen LogP contribution is -2.52. The van der Waals surface area contributed by atoms with Gasteiger partial charge in [-0.25, -0.2) is 0 Å². The van der Waals surface area contributed by atoms with Gasteiger partial charge in [-0.2, -0.15) is 0 Å². The highest BCUT2D eigenvalue weighted by Gasteiger charge is 2.35. The summed E-state index contributed by atoms with van der Waals surface area (Å²) in [5.41, 5.74) is 0.337. The number of hydrogen-bond donors (Lipinski definition) is 0. The Kier molecular flexibility index (Phi) is 22.3. The monoisotopic (exact) mass is 499 g/mol. The van der Waals surface area contributed by atoms with Crippen LogP contribution in [0.5, 0.6) is 0 Å². The van der Waals surface area contributed by atoms with Gasteiger partial charge in [0.2, 0.25) is 0 Å². The van der Waals surface area contributed by atoms with Crippen molar-refractivity contribution in [2.24, 2.45) is 5.41 Å². The van der Waals surface area contributed by atoms with E-state index in [9.17, 15) is 0 Å². The Morgan fingerprint density at radius 3 is 1.24 bits per heavy atom. The fourth-order valence-corrected chi connectivity index (χ4v) is 7.37. The van der Waals surface area contributed by atoms with Gasteiger partial charge in [0.15, 0.2) is 9.76 Å². The SMILES string of the molecule is CCCC(C)O[SiH2]CCC(CN(CCC)CCC)(CN(CCC)CCC)CN(CCC)CCC. The van der Waals surface area contributed by atoms with Crippen molar-refractivity contribution < 1.29 is 4.43 Å². The van der Waals surface area contributed by atoms with Gasteiger partial charge in [0, 0.05) is 31.2 Å². The van der Waals surface area contributed by atoms with Gasteiger partial charge >= 0.3 is 0 Å². The molecule has 0 fully saturated rings. The maximum atomic E-state index is 6.38. The predicted molar refractivity (Wildman–Crippen MR) is 157 cm³/mol. The van der Waals surface area contributed by atoms with E-state index in [4.69, 9.17) is 4.43 Å². The fraction of sp³-hybridized carbons (Fsp3) is 1.00. The Morgan fingerprint density at radius 2 is 0.941 bits per heavy atom. The summed E-state index contributed by atoms with van der Waals surface area (Å²) < 4.78 is 6.38. The summed E-state index contributed by atoms with van der Waals surface area (Å²) in [6.07, 6.45) is 11.7. The van der Waals surface area contributed by atoms with Crippen LogP contribution < -0.4 is 0 Å². The zero-order valence-corrected chi connectivity index (χ0v) is 26.4. The lowest BCUT2D eigenvalue weighted by atomic mass is 9.82. The summed E-state index contributed by atoms with van der Waals surface area (Å²) in [5, 5.41) is 0. The standard InChI is InChI=1S/C29H65N3OSi/c1-9-16-28(8)33-34-24-17-29(25-30(18-10-2)19-11-3,26-31(20-12-4)21-13-5)27-32(22-14-6)23-15-7/h28H,9-27,34H2,1-8H3. The van der Waals surface area contributed by atoms with Crippen LogP contribution in [0, 0.1) is 5.41 Å². The Bertz CT molecular complexity index is 374. The minimum Gasteiger partial charge on any atom is -0.421 e. The van der Waals surface area contributed by atoms with Crippen LogP contribution >= 0.6 is 0 Å². The molecule has 0 saturated carbocycles. The van der Waals surface area contributed by atoms with Crippen molar-refractivity contribution >= 4 is 9.76 Å². The minimum absolute atomic E-state index is 0.337. The molecule has 0 aliphatic heterocycles. The van der Waals surface area contributed by atoms with Crippen LogP contribution in [0.15, 0.2) is 0 Å². The largest absolute Gasteiger partial charge is 0.421 e. The van der Waals surface area contributed by atoms with Crippen molar-refractivity contribution in [3.63, 3.8) is 0 Å². The van der Waals surface area contributed by atoms with Gasteiger partial charge in [-0.1, -0.05) is 54.9 Å². The molecule has 1 atom stereocenters. The smallest absolute Gasteiger partial charge is 0.161 e. The van der Waals surface area contributed by atoms with Crippen LogP contribution in [-0.2, 0) is 4.43 Å². The van der Waals surface area contributed by atoms with Crippen LogP contribution in [0.3, 0.4) is 0 Å². The molecular weight excluding hydrogens is 434 g/mol. The highest BCUT2D eigenvalue weighted by Crippen LogP contribution is 2.30. The van der Waals surface area contributed by atoms with Gasteiger partial charge < -0.3 is 19.1 Å². The van der Waals surface area contributed by atoms with Crippen molar-refractivity contribution in [1.82, 2.24) is 14.7 Å². The molecular formula is C29H65N3OSi. The van der Waals surface area contributed by atoms with E-state index in [0.29, 0.717) is 11.5 Å². The summed E-state index contributed by atoms with van der Waals surface area (Å²) in [5.74, 6) is 0. The molecule has 0 saturated heterocycles. The third-order valence-electron chi connectivity index (χ3n) is 6.87. The van der Waals surface area contributed by atoms with Crippen LogP contribution in [0.25, 0.3) is 0 Å². The molecule has 1 unspecified atom stereocenters. The molecule has 0 spiro atoms. The third-order valence-corrected chi connectivity index (χ3v) is 8.31. The van der Waals surface area contributed by atoms with E-state index in [2.05, 4.69) is 70.1 Å². The summed E-state index contributed by atoms with van der Waals surface area (Å²) >= 11 is 0. The van der Waals surface area contributed by atoms with E-state index in [-0.39, 0.29) is 0 Å². The van der Waals surface area contributed by atoms with Crippen LogP contribution in [-0.4, -0.2) is 89.5 Å². The van der Waals surface area contributed by atoms with E-state index in [0.717, 1.165) is 0 Å². The van der Waals surface area contributed by atoms with Gasteiger partial charge in [-0.15, -0.1) is 0 Å². The van der Waals surface area contributed by atoms with Gasteiger partial charge in [0.05, 0.1) is 0 Å². The summed E-state index contributed by atoms with van der Waals surface area (Å²) in [4.78, 5) is 8.40. The van der Waals surface area contributed by atoms with Gasteiger partial charge in [-0.05, 0) is 104 Å². The van der Waals surface area contributed by atoms with E-state index >= 15 is 0 Å². The lowest BCUT2D eigenvalue weighted by molar-refractivity contribution is 0.0481. The fourth-order valence-electron chi connectivity index (χ4n) is 5.74. The van der Waals surface area contributed by atoms with Gasteiger partial charge in [0.1, 0.15) is 0 Å². The molecule has 0 aromatic carbocycles. The molecule has 0 heterocycles. The van der Waals surface area contributed by atoms with Crippen LogP contribution in [0.1, 0.15) is 113 Å². The molecule has 0 aromatic rings. The van der Waals surface area contributed by atoms with Crippen molar-refractivity contribution in [2.45, 2.75) is 125 Å². The first kappa shape index (κ1) is 34.1. The average Bonchev–Trinajstić information content (AvgIpc) is 2.78. The molecule has 0 bridgehead atoms. The zero-order valence-electron chi connectivity index (χ0n) is 25.0. The second kappa shape index (κ2) is 22.3. The summed E-state index contributed by atoms with van der Waals surface area (Å²) in [6, 6.07) is 1.32. The Morgan fingerprint density at radius 1 is 0.588 bits per heavy atom. The first-order valence-corrected chi connectivity index (χ1v) is 16.8. The molecule has 34 heavy (non-hydrogen) atoms. The molecule has 0 radical (unpaired) electrons. The zero-order chi connectivity index (χ0) is 25.7. The molecule has 0 amide bonds. The Hall–Kier alpha value is 0.0569.